The summed E-state index contributed by atoms with van der Waals surface area (Å²) in [4.78, 5) is 18.0. The third-order valence-electron chi connectivity index (χ3n) is 5.23. The number of ether oxygens (including phenoxy) is 2. The molecule has 0 spiro atoms. The molecule has 0 aliphatic heterocycles. The van der Waals surface area contributed by atoms with Crippen LogP contribution >= 0.6 is 39.1 Å². The Balaban J connectivity index is 1.77. The Kier molecular flexibility index (Phi) is 8.11. The van der Waals surface area contributed by atoms with Gasteiger partial charge in [-0.15, -0.1) is 0 Å². The van der Waals surface area contributed by atoms with Crippen LogP contribution in [0.4, 0.5) is 0 Å². The van der Waals surface area contributed by atoms with Gasteiger partial charge < -0.3 is 9.47 Å². The second-order valence-electron chi connectivity index (χ2n) is 7.74. The molecule has 0 aliphatic rings. The standard InChI is InChI=1S/C26H22BrCl2N3O3/c1-3-4-24-31-22-10-7-18(27)12-21(22)26(33)32(24)30-14-17-11-20(29)13-23(34-2)25(17)35-15-16-5-8-19(28)9-6-16/h5-14H,3-4,15H2,1-2H3. The summed E-state index contributed by atoms with van der Waals surface area (Å²) in [5, 5.41) is 6.08. The lowest BCUT2D eigenvalue weighted by Crippen LogP contribution is -2.22. The SMILES string of the molecule is CCCc1nc2ccc(Br)cc2c(=O)n1N=Cc1cc(Cl)cc(OC)c1OCc1ccc(Cl)cc1. The second kappa shape index (κ2) is 11.2. The van der Waals surface area contributed by atoms with E-state index in [1.807, 2.05) is 31.2 Å². The van der Waals surface area contributed by atoms with E-state index in [0.717, 1.165) is 16.5 Å². The van der Waals surface area contributed by atoms with Crippen molar-refractivity contribution in [2.75, 3.05) is 7.11 Å². The quantitative estimate of drug-likeness (QED) is 0.215. The largest absolute Gasteiger partial charge is 0.493 e. The van der Waals surface area contributed by atoms with Crippen molar-refractivity contribution in [2.24, 2.45) is 5.10 Å². The van der Waals surface area contributed by atoms with Crippen LogP contribution in [-0.4, -0.2) is 23.0 Å². The summed E-state index contributed by atoms with van der Waals surface area (Å²) in [7, 11) is 1.54. The molecule has 3 aromatic carbocycles. The minimum Gasteiger partial charge on any atom is -0.493 e. The van der Waals surface area contributed by atoms with Crippen LogP contribution < -0.4 is 15.0 Å². The molecule has 0 saturated heterocycles. The molecule has 0 atom stereocenters. The van der Waals surface area contributed by atoms with Crippen molar-refractivity contribution in [3.63, 3.8) is 0 Å². The maximum Gasteiger partial charge on any atom is 0.282 e. The van der Waals surface area contributed by atoms with E-state index in [1.54, 1.807) is 30.3 Å². The molecule has 180 valence electrons. The average molecular weight is 575 g/mol. The summed E-state index contributed by atoms with van der Waals surface area (Å²) in [6.07, 6.45) is 2.94. The molecule has 6 nitrogen and oxygen atoms in total. The van der Waals surface area contributed by atoms with Crippen LogP contribution in [0.15, 0.2) is 69.0 Å². The van der Waals surface area contributed by atoms with Crippen LogP contribution in [0, 0.1) is 0 Å². The number of benzene rings is 3. The fourth-order valence-corrected chi connectivity index (χ4v) is 4.25. The van der Waals surface area contributed by atoms with E-state index in [4.69, 9.17) is 32.7 Å². The van der Waals surface area contributed by atoms with Gasteiger partial charge in [0, 0.05) is 32.6 Å². The number of rotatable bonds is 8. The first-order valence-corrected chi connectivity index (χ1v) is 12.4. The van der Waals surface area contributed by atoms with Crippen molar-refractivity contribution in [3.8, 4) is 11.5 Å². The lowest BCUT2D eigenvalue weighted by atomic mass is 10.2. The zero-order valence-corrected chi connectivity index (χ0v) is 22.2. The fourth-order valence-electron chi connectivity index (χ4n) is 3.55. The van der Waals surface area contributed by atoms with Crippen molar-refractivity contribution in [2.45, 2.75) is 26.4 Å². The zero-order valence-electron chi connectivity index (χ0n) is 19.1. The molecule has 4 rings (SSSR count). The van der Waals surface area contributed by atoms with Crippen molar-refractivity contribution in [1.82, 2.24) is 9.66 Å². The third kappa shape index (κ3) is 5.86. The summed E-state index contributed by atoms with van der Waals surface area (Å²) in [5.74, 6) is 1.48. The van der Waals surface area contributed by atoms with E-state index in [-0.39, 0.29) is 12.2 Å². The Labute approximate surface area is 221 Å². The highest BCUT2D eigenvalue weighted by Gasteiger charge is 2.14. The normalized spacial score (nSPS) is 11.3. The van der Waals surface area contributed by atoms with Crippen LogP contribution in [0.2, 0.25) is 10.0 Å². The molecule has 1 heterocycles. The Hall–Kier alpha value is -2.87. The first-order valence-electron chi connectivity index (χ1n) is 10.9. The number of methoxy groups -OCH3 is 1. The smallest absolute Gasteiger partial charge is 0.282 e. The van der Waals surface area contributed by atoms with Crippen LogP contribution in [-0.2, 0) is 13.0 Å². The van der Waals surface area contributed by atoms with Crippen molar-refractivity contribution >= 4 is 56.2 Å². The van der Waals surface area contributed by atoms with Gasteiger partial charge >= 0.3 is 0 Å². The first kappa shape index (κ1) is 25.2. The number of hydrogen-bond acceptors (Lipinski definition) is 5. The summed E-state index contributed by atoms with van der Waals surface area (Å²) >= 11 is 15.7. The van der Waals surface area contributed by atoms with Gasteiger partial charge in [-0.1, -0.05) is 58.2 Å². The summed E-state index contributed by atoms with van der Waals surface area (Å²) in [5.41, 5.74) is 1.87. The molecule has 0 bridgehead atoms. The Morgan fingerprint density at radius 1 is 1.09 bits per heavy atom. The first-order chi connectivity index (χ1) is 16.9. The van der Waals surface area contributed by atoms with Gasteiger partial charge in [0.25, 0.3) is 5.56 Å². The minimum absolute atomic E-state index is 0.256. The molecule has 9 heteroatoms. The summed E-state index contributed by atoms with van der Waals surface area (Å²) in [6.45, 7) is 2.30. The van der Waals surface area contributed by atoms with Gasteiger partial charge in [0.1, 0.15) is 12.4 Å². The number of aryl methyl sites for hydroxylation is 1. The topological polar surface area (TPSA) is 65.7 Å². The Morgan fingerprint density at radius 3 is 2.57 bits per heavy atom. The number of hydrogen-bond donors (Lipinski definition) is 0. The molecule has 0 amide bonds. The maximum absolute atomic E-state index is 13.3. The van der Waals surface area contributed by atoms with Crippen LogP contribution in [0.25, 0.3) is 10.9 Å². The number of nitrogens with zero attached hydrogens (tertiary/aromatic N) is 3. The molecule has 0 radical (unpaired) electrons. The molecule has 4 aromatic rings. The van der Waals surface area contributed by atoms with E-state index in [0.29, 0.717) is 50.3 Å². The molecule has 35 heavy (non-hydrogen) atoms. The van der Waals surface area contributed by atoms with Crippen LogP contribution in [0.3, 0.4) is 0 Å². The van der Waals surface area contributed by atoms with Gasteiger partial charge in [0.05, 0.1) is 24.2 Å². The Bertz CT molecular complexity index is 1450. The van der Waals surface area contributed by atoms with E-state index in [1.165, 1.54) is 18.0 Å². The third-order valence-corrected chi connectivity index (χ3v) is 6.19. The molecule has 1 aromatic heterocycles. The van der Waals surface area contributed by atoms with Crippen molar-refractivity contribution < 1.29 is 9.47 Å². The number of halogens is 3. The molecule has 0 aliphatic carbocycles. The Morgan fingerprint density at radius 2 is 1.86 bits per heavy atom. The lowest BCUT2D eigenvalue weighted by Gasteiger charge is -2.14. The maximum atomic E-state index is 13.3. The molecular weight excluding hydrogens is 553 g/mol. The molecule has 0 N–H and O–H groups in total. The predicted molar refractivity (Wildman–Crippen MR) is 144 cm³/mol. The molecular formula is C26H22BrCl2N3O3. The van der Waals surface area contributed by atoms with Crippen LogP contribution in [0.5, 0.6) is 11.5 Å². The highest BCUT2D eigenvalue weighted by atomic mass is 79.9. The van der Waals surface area contributed by atoms with Crippen molar-refractivity contribution in [1.29, 1.82) is 0 Å². The summed E-state index contributed by atoms with van der Waals surface area (Å²) < 4.78 is 13.7. The van der Waals surface area contributed by atoms with Gasteiger partial charge in [-0.05, 0) is 48.4 Å². The van der Waals surface area contributed by atoms with Gasteiger partial charge in [-0.3, -0.25) is 4.79 Å². The van der Waals surface area contributed by atoms with Gasteiger partial charge in [-0.2, -0.15) is 9.78 Å². The van der Waals surface area contributed by atoms with E-state index >= 15 is 0 Å². The zero-order chi connectivity index (χ0) is 24.9. The molecule has 0 fully saturated rings. The minimum atomic E-state index is -0.256. The monoisotopic (exact) mass is 573 g/mol. The fraction of sp³-hybridized carbons (Fsp3) is 0.192. The van der Waals surface area contributed by atoms with Gasteiger partial charge in [0.2, 0.25) is 0 Å². The highest BCUT2D eigenvalue weighted by Crippen LogP contribution is 2.34. The lowest BCUT2D eigenvalue weighted by molar-refractivity contribution is 0.284. The predicted octanol–water partition coefficient (Wildman–Crippen LogP) is 6.89. The molecule has 0 saturated carbocycles. The average Bonchev–Trinajstić information content (AvgIpc) is 2.84. The van der Waals surface area contributed by atoms with Crippen molar-refractivity contribution in [3.05, 3.63) is 96.4 Å². The highest BCUT2D eigenvalue weighted by molar-refractivity contribution is 9.10. The number of aromatic nitrogens is 2. The van der Waals surface area contributed by atoms with E-state index in [2.05, 4.69) is 26.0 Å². The summed E-state index contributed by atoms with van der Waals surface area (Å²) in [6, 6.07) is 16.2. The molecule has 0 unspecified atom stereocenters. The van der Waals surface area contributed by atoms with Gasteiger partial charge in [-0.25, -0.2) is 4.98 Å². The van der Waals surface area contributed by atoms with Crippen LogP contribution in [0.1, 0.15) is 30.3 Å². The van der Waals surface area contributed by atoms with Gasteiger partial charge in [0.15, 0.2) is 11.5 Å². The van der Waals surface area contributed by atoms with E-state index in [9.17, 15) is 4.79 Å². The second-order valence-corrected chi connectivity index (χ2v) is 9.53. The van der Waals surface area contributed by atoms with E-state index < -0.39 is 0 Å². The number of fused-ring (bicyclic) bond motifs is 1.